The van der Waals surface area contributed by atoms with Gasteiger partial charge in [-0.15, -0.1) is 0 Å². The lowest BCUT2D eigenvalue weighted by atomic mass is 10.0. The SMILES string of the molecule is COc1ccc2c(c1CC(N)CO)OC(F)(F)C(F)(F)O2. The molecule has 3 N–H and O–H groups in total. The lowest BCUT2D eigenvalue weighted by Crippen LogP contribution is -2.52. The van der Waals surface area contributed by atoms with Crippen molar-refractivity contribution in [3.05, 3.63) is 17.7 Å². The van der Waals surface area contributed by atoms with Crippen LogP contribution >= 0.6 is 0 Å². The molecule has 5 nitrogen and oxygen atoms in total. The molecule has 0 radical (unpaired) electrons. The van der Waals surface area contributed by atoms with Crippen LogP contribution in [0.5, 0.6) is 17.2 Å². The highest BCUT2D eigenvalue weighted by Gasteiger charge is 2.66. The average Bonchev–Trinajstić information content (AvgIpc) is 2.40. The highest BCUT2D eigenvalue weighted by atomic mass is 19.3. The molecule has 0 saturated heterocycles. The summed E-state index contributed by atoms with van der Waals surface area (Å²) in [5.41, 5.74) is 5.57. The number of ether oxygens (including phenoxy) is 3. The molecule has 1 aliphatic heterocycles. The van der Waals surface area contributed by atoms with E-state index in [0.29, 0.717) is 0 Å². The van der Waals surface area contributed by atoms with Crippen molar-refractivity contribution in [2.75, 3.05) is 13.7 Å². The highest BCUT2D eigenvalue weighted by molar-refractivity contribution is 5.55. The van der Waals surface area contributed by atoms with Crippen molar-refractivity contribution in [1.82, 2.24) is 0 Å². The first-order chi connectivity index (χ1) is 9.71. The van der Waals surface area contributed by atoms with Crippen LogP contribution in [-0.2, 0) is 6.42 Å². The van der Waals surface area contributed by atoms with Gasteiger partial charge in [0.25, 0.3) is 0 Å². The molecule has 0 amide bonds. The summed E-state index contributed by atoms with van der Waals surface area (Å²) in [5, 5.41) is 8.94. The van der Waals surface area contributed by atoms with Crippen LogP contribution in [0.3, 0.4) is 0 Å². The Morgan fingerprint density at radius 1 is 1.24 bits per heavy atom. The first-order valence-electron chi connectivity index (χ1n) is 5.92. The minimum atomic E-state index is -4.83. The molecule has 21 heavy (non-hydrogen) atoms. The van der Waals surface area contributed by atoms with Crippen LogP contribution in [-0.4, -0.2) is 37.1 Å². The van der Waals surface area contributed by atoms with Gasteiger partial charge in [0.1, 0.15) is 5.75 Å². The zero-order chi connectivity index (χ0) is 15.8. The number of aliphatic hydroxyl groups is 1. The van der Waals surface area contributed by atoms with Crippen LogP contribution in [0, 0.1) is 0 Å². The van der Waals surface area contributed by atoms with Gasteiger partial charge in [0.05, 0.1) is 13.7 Å². The van der Waals surface area contributed by atoms with Crippen LogP contribution in [0.25, 0.3) is 0 Å². The Labute approximate surface area is 117 Å². The summed E-state index contributed by atoms with van der Waals surface area (Å²) in [6.45, 7) is -0.430. The van der Waals surface area contributed by atoms with Gasteiger partial charge in [-0.25, -0.2) is 0 Å². The molecule has 0 bridgehead atoms. The van der Waals surface area contributed by atoms with E-state index >= 15 is 0 Å². The third-order valence-electron chi connectivity index (χ3n) is 2.91. The Morgan fingerprint density at radius 2 is 1.86 bits per heavy atom. The molecule has 1 heterocycles. The second kappa shape index (κ2) is 5.23. The number of fused-ring (bicyclic) bond motifs is 1. The van der Waals surface area contributed by atoms with Gasteiger partial charge in [-0.3, -0.25) is 0 Å². The summed E-state index contributed by atoms with van der Waals surface area (Å²) in [6.07, 6.45) is -9.73. The number of nitrogens with two attached hydrogens (primary N) is 1. The molecule has 0 aromatic heterocycles. The van der Waals surface area contributed by atoms with Gasteiger partial charge in [0.15, 0.2) is 11.5 Å². The summed E-state index contributed by atoms with van der Waals surface area (Å²) in [7, 11) is 1.27. The largest absolute Gasteiger partial charge is 0.507 e. The molecule has 1 aromatic rings. The lowest BCUT2D eigenvalue weighted by molar-refractivity contribution is -0.391. The number of methoxy groups -OCH3 is 1. The van der Waals surface area contributed by atoms with Crippen molar-refractivity contribution in [3.63, 3.8) is 0 Å². The minimum Gasteiger partial charge on any atom is -0.496 e. The Balaban J connectivity index is 2.51. The fourth-order valence-electron chi connectivity index (χ4n) is 1.88. The molecule has 1 atom stereocenters. The topological polar surface area (TPSA) is 73.9 Å². The van der Waals surface area contributed by atoms with Crippen LogP contribution in [0.2, 0.25) is 0 Å². The molecule has 1 aromatic carbocycles. The van der Waals surface area contributed by atoms with Gasteiger partial charge in [0.2, 0.25) is 0 Å². The molecule has 1 unspecified atom stereocenters. The van der Waals surface area contributed by atoms with Gasteiger partial charge in [-0.1, -0.05) is 0 Å². The Hall–Kier alpha value is -1.74. The molecule has 0 fully saturated rings. The maximum atomic E-state index is 13.3. The highest BCUT2D eigenvalue weighted by Crippen LogP contribution is 2.50. The van der Waals surface area contributed by atoms with Crippen molar-refractivity contribution >= 4 is 0 Å². The molecule has 9 heteroatoms. The van der Waals surface area contributed by atoms with E-state index in [4.69, 9.17) is 15.6 Å². The first-order valence-corrected chi connectivity index (χ1v) is 5.92. The molecular weight excluding hydrogens is 298 g/mol. The standard InChI is InChI=1S/C12H13F4NO4/c1-19-8-2-3-9-10(7(8)4-6(17)5-18)21-12(15,16)11(13,14)20-9/h2-3,6,18H,4-5,17H2,1H3. The van der Waals surface area contributed by atoms with E-state index in [2.05, 4.69) is 9.47 Å². The van der Waals surface area contributed by atoms with Crippen LogP contribution in [0.15, 0.2) is 12.1 Å². The number of alkyl halides is 4. The Kier molecular flexibility index (Phi) is 3.89. The lowest BCUT2D eigenvalue weighted by Gasteiger charge is -2.33. The quantitative estimate of drug-likeness (QED) is 0.825. The van der Waals surface area contributed by atoms with Gasteiger partial charge in [-0.2, -0.15) is 17.6 Å². The predicted molar refractivity (Wildman–Crippen MR) is 62.9 cm³/mol. The minimum absolute atomic E-state index is 0.0201. The molecule has 0 aliphatic carbocycles. The molecule has 0 saturated carbocycles. The summed E-state index contributed by atoms with van der Waals surface area (Å²) >= 11 is 0. The Morgan fingerprint density at radius 3 is 2.43 bits per heavy atom. The van der Waals surface area contributed by atoms with E-state index in [1.54, 1.807) is 0 Å². The summed E-state index contributed by atoms with van der Waals surface area (Å²) in [4.78, 5) is 0. The van der Waals surface area contributed by atoms with Crippen LogP contribution in [0.4, 0.5) is 17.6 Å². The second-order valence-electron chi connectivity index (χ2n) is 4.46. The van der Waals surface area contributed by atoms with Gasteiger partial charge in [-0.05, 0) is 18.6 Å². The van der Waals surface area contributed by atoms with Gasteiger partial charge < -0.3 is 25.1 Å². The maximum Gasteiger partial charge on any atom is 0.507 e. The van der Waals surface area contributed by atoms with Crippen molar-refractivity contribution in [2.45, 2.75) is 24.7 Å². The zero-order valence-electron chi connectivity index (χ0n) is 10.9. The van der Waals surface area contributed by atoms with Crippen molar-refractivity contribution in [1.29, 1.82) is 0 Å². The number of halogens is 4. The number of hydrogen-bond acceptors (Lipinski definition) is 5. The monoisotopic (exact) mass is 311 g/mol. The molecule has 0 spiro atoms. The summed E-state index contributed by atoms with van der Waals surface area (Å²) < 4.78 is 65.9. The summed E-state index contributed by atoms with van der Waals surface area (Å²) in [6, 6.07) is 1.50. The van der Waals surface area contributed by atoms with Gasteiger partial charge >= 0.3 is 12.2 Å². The zero-order valence-corrected chi connectivity index (χ0v) is 10.9. The summed E-state index contributed by atoms with van der Waals surface area (Å²) in [5.74, 6) is -1.01. The van der Waals surface area contributed by atoms with E-state index in [-0.39, 0.29) is 17.7 Å². The van der Waals surface area contributed by atoms with Crippen LogP contribution in [0.1, 0.15) is 5.56 Å². The maximum absolute atomic E-state index is 13.3. The Bertz CT molecular complexity index is 538. The normalized spacial score (nSPS) is 20.0. The fraction of sp³-hybridized carbons (Fsp3) is 0.500. The van der Waals surface area contributed by atoms with Crippen LogP contribution < -0.4 is 19.9 Å². The number of aliphatic hydroxyl groups excluding tert-OH is 1. The number of rotatable bonds is 4. The molecular formula is C12H13F4NO4. The van der Waals surface area contributed by atoms with E-state index in [1.165, 1.54) is 13.2 Å². The smallest absolute Gasteiger partial charge is 0.496 e. The van der Waals surface area contributed by atoms with E-state index < -0.39 is 36.4 Å². The van der Waals surface area contributed by atoms with Crippen molar-refractivity contribution < 1.29 is 36.9 Å². The first kappa shape index (κ1) is 15.6. The van der Waals surface area contributed by atoms with Crippen molar-refractivity contribution in [3.8, 4) is 17.2 Å². The molecule has 2 rings (SSSR count). The van der Waals surface area contributed by atoms with E-state index in [0.717, 1.165) is 6.07 Å². The van der Waals surface area contributed by atoms with Gasteiger partial charge in [0, 0.05) is 11.6 Å². The van der Waals surface area contributed by atoms with Crippen molar-refractivity contribution in [2.24, 2.45) is 5.73 Å². The third kappa shape index (κ3) is 2.70. The molecule has 1 aliphatic rings. The van der Waals surface area contributed by atoms with E-state index in [9.17, 15) is 17.6 Å². The average molecular weight is 311 g/mol. The number of hydrogen-bond donors (Lipinski definition) is 2. The molecule has 118 valence electrons. The van der Waals surface area contributed by atoms with E-state index in [1.807, 2.05) is 0 Å². The predicted octanol–water partition coefficient (Wildman–Crippen LogP) is 1.51. The number of benzene rings is 1. The third-order valence-corrected chi connectivity index (χ3v) is 2.91. The fourth-order valence-corrected chi connectivity index (χ4v) is 1.88. The second-order valence-corrected chi connectivity index (χ2v) is 4.46.